The van der Waals surface area contributed by atoms with E-state index in [0.29, 0.717) is 13.0 Å². The number of Topliss-reactive ketones (excluding diaryl/α,β-unsaturated/α-hetero) is 1. The second-order valence-electron chi connectivity index (χ2n) is 5.04. The first-order chi connectivity index (χ1) is 8.49. The fourth-order valence-corrected chi connectivity index (χ4v) is 2.14. The van der Waals surface area contributed by atoms with Gasteiger partial charge < -0.3 is 10.5 Å². The van der Waals surface area contributed by atoms with Crippen molar-refractivity contribution in [2.24, 2.45) is 17.6 Å². The number of benzene rings is 1. The van der Waals surface area contributed by atoms with Crippen molar-refractivity contribution in [3.63, 3.8) is 0 Å². The van der Waals surface area contributed by atoms with Crippen LogP contribution in [0.5, 0.6) is 5.75 Å². The Balaban J connectivity index is 2.89. The third-order valence-corrected chi connectivity index (χ3v) is 3.27. The van der Waals surface area contributed by atoms with Crippen molar-refractivity contribution in [2.75, 3.05) is 13.7 Å². The Morgan fingerprint density at radius 3 is 2.56 bits per heavy atom. The summed E-state index contributed by atoms with van der Waals surface area (Å²) >= 11 is 0. The predicted molar refractivity (Wildman–Crippen MR) is 73.8 cm³/mol. The minimum absolute atomic E-state index is 0.0739. The van der Waals surface area contributed by atoms with Crippen LogP contribution in [0.15, 0.2) is 18.2 Å². The molecule has 0 saturated heterocycles. The molecule has 0 fully saturated rings. The lowest BCUT2D eigenvalue weighted by Crippen LogP contribution is -2.29. The molecule has 1 aromatic rings. The average molecular weight is 249 g/mol. The molecule has 0 bridgehead atoms. The van der Waals surface area contributed by atoms with Crippen LogP contribution in [0.4, 0.5) is 0 Å². The lowest BCUT2D eigenvalue weighted by Gasteiger charge is -2.18. The van der Waals surface area contributed by atoms with Crippen LogP contribution in [-0.4, -0.2) is 19.4 Å². The SMILES string of the molecule is COc1ccc(C)cc1CC(=O)C(CN)C(C)C. The smallest absolute Gasteiger partial charge is 0.141 e. The van der Waals surface area contributed by atoms with Gasteiger partial charge in [0, 0.05) is 24.4 Å². The zero-order valence-electron chi connectivity index (χ0n) is 11.7. The summed E-state index contributed by atoms with van der Waals surface area (Å²) in [4.78, 5) is 12.2. The molecule has 1 aromatic carbocycles. The molecule has 2 N–H and O–H groups in total. The van der Waals surface area contributed by atoms with Gasteiger partial charge in [-0.15, -0.1) is 0 Å². The van der Waals surface area contributed by atoms with Crippen LogP contribution < -0.4 is 10.5 Å². The van der Waals surface area contributed by atoms with Crippen molar-refractivity contribution in [3.8, 4) is 5.75 Å². The molecule has 3 heteroatoms. The Bertz CT molecular complexity index is 413. The van der Waals surface area contributed by atoms with E-state index in [-0.39, 0.29) is 17.6 Å². The van der Waals surface area contributed by atoms with Gasteiger partial charge in [0.15, 0.2) is 0 Å². The summed E-state index contributed by atoms with van der Waals surface area (Å²) in [6.45, 7) is 6.48. The van der Waals surface area contributed by atoms with E-state index in [1.54, 1.807) is 7.11 Å². The second-order valence-corrected chi connectivity index (χ2v) is 5.04. The van der Waals surface area contributed by atoms with Gasteiger partial charge in [0.05, 0.1) is 7.11 Å². The molecule has 0 aliphatic carbocycles. The first-order valence-electron chi connectivity index (χ1n) is 6.35. The molecule has 0 heterocycles. The number of hydrogen-bond acceptors (Lipinski definition) is 3. The van der Waals surface area contributed by atoms with Gasteiger partial charge in [0.25, 0.3) is 0 Å². The summed E-state index contributed by atoms with van der Waals surface area (Å²) in [5, 5.41) is 0. The van der Waals surface area contributed by atoms with E-state index in [1.807, 2.05) is 39.0 Å². The van der Waals surface area contributed by atoms with Gasteiger partial charge in [-0.1, -0.05) is 31.5 Å². The summed E-state index contributed by atoms with van der Waals surface area (Å²) in [6, 6.07) is 5.89. The van der Waals surface area contributed by atoms with Gasteiger partial charge >= 0.3 is 0 Å². The number of rotatable bonds is 6. The van der Waals surface area contributed by atoms with Crippen molar-refractivity contribution in [3.05, 3.63) is 29.3 Å². The first-order valence-corrected chi connectivity index (χ1v) is 6.35. The van der Waals surface area contributed by atoms with E-state index in [0.717, 1.165) is 16.9 Å². The number of nitrogens with two attached hydrogens (primary N) is 1. The fraction of sp³-hybridized carbons (Fsp3) is 0.533. The molecule has 18 heavy (non-hydrogen) atoms. The van der Waals surface area contributed by atoms with Gasteiger partial charge in [-0.2, -0.15) is 0 Å². The van der Waals surface area contributed by atoms with Crippen molar-refractivity contribution in [2.45, 2.75) is 27.2 Å². The zero-order chi connectivity index (χ0) is 13.7. The normalized spacial score (nSPS) is 12.6. The molecule has 0 aliphatic rings. The van der Waals surface area contributed by atoms with E-state index < -0.39 is 0 Å². The molecule has 0 spiro atoms. The van der Waals surface area contributed by atoms with Crippen LogP contribution in [0.2, 0.25) is 0 Å². The van der Waals surface area contributed by atoms with Crippen LogP contribution in [0.3, 0.4) is 0 Å². The molecular weight excluding hydrogens is 226 g/mol. The molecule has 0 radical (unpaired) electrons. The number of aryl methyl sites for hydroxylation is 1. The number of methoxy groups -OCH3 is 1. The highest BCUT2D eigenvalue weighted by Crippen LogP contribution is 2.22. The van der Waals surface area contributed by atoms with Gasteiger partial charge in [-0.25, -0.2) is 0 Å². The van der Waals surface area contributed by atoms with E-state index in [4.69, 9.17) is 10.5 Å². The van der Waals surface area contributed by atoms with Crippen LogP contribution in [0.25, 0.3) is 0 Å². The number of carbonyl (C=O) groups is 1. The third kappa shape index (κ3) is 3.57. The maximum Gasteiger partial charge on any atom is 0.141 e. The van der Waals surface area contributed by atoms with Crippen molar-refractivity contribution in [1.82, 2.24) is 0 Å². The van der Waals surface area contributed by atoms with Crippen LogP contribution in [0.1, 0.15) is 25.0 Å². The van der Waals surface area contributed by atoms with Crippen molar-refractivity contribution in [1.29, 1.82) is 0 Å². The van der Waals surface area contributed by atoms with Crippen LogP contribution >= 0.6 is 0 Å². The van der Waals surface area contributed by atoms with Crippen molar-refractivity contribution >= 4 is 5.78 Å². The number of ketones is 1. The second kappa shape index (κ2) is 6.55. The molecule has 1 unspecified atom stereocenters. The first kappa shape index (κ1) is 14.7. The summed E-state index contributed by atoms with van der Waals surface area (Å²) in [6.07, 6.45) is 0.394. The van der Waals surface area contributed by atoms with E-state index in [1.165, 1.54) is 0 Å². The van der Waals surface area contributed by atoms with E-state index in [2.05, 4.69) is 0 Å². The Morgan fingerprint density at radius 2 is 2.06 bits per heavy atom. The number of hydrogen-bond donors (Lipinski definition) is 1. The maximum atomic E-state index is 12.2. The molecule has 1 atom stereocenters. The molecule has 0 aromatic heterocycles. The lowest BCUT2D eigenvalue weighted by molar-refractivity contribution is -0.123. The Morgan fingerprint density at radius 1 is 1.39 bits per heavy atom. The fourth-order valence-electron chi connectivity index (χ4n) is 2.14. The molecule has 3 nitrogen and oxygen atoms in total. The van der Waals surface area contributed by atoms with E-state index in [9.17, 15) is 4.79 Å². The zero-order valence-corrected chi connectivity index (χ0v) is 11.7. The van der Waals surface area contributed by atoms with Crippen LogP contribution in [-0.2, 0) is 11.2 Å². The largest absolute Gasteiger partial charge is 0.496 e. The van der Waals surface area contributed by atoms with Gasteiger partial charge in [-0.05, 0) is 18.9 Å². The monoisotopic (exact) mass is 249 g/mol. The molecule has 0 saturated carbocycles. The Hall–Kier alpha value is -1.35. The quantitative estimate of drug-likeness (QED) is 0.842. The van der Waals surface area contributed by atoms with Gasteiger partial charge in [0.1, 0.15) is 11.5 Å². The summed E-state index contributed by atoms with van der Waals surface area (Å²) in [5.41, 5.74) is 7.75. The minimum atomic E-state index is -0.0739. The number of carbonyl (C=O) groups excluding carboxylic acids is 1. The third-order valence-electron chi connectivity index (χ3n) is 3.27. The molecule has 0 amide bonds. The average Bonchev–Trinajstić information content (AvgIpc) is 2.29. The minimum Gasteiger partial charge on any atom is -0.496 e. The van der Waals surface area contributed by atoms with Crippen molar-refractivity contribution < 1.29 is 9.53 Å². The Labute approximate surface area is 109 Å². The van der Waals surface area contributed by atoms with Gasteiger partial charge in [0.2, 0.25) is 0 Å². The lowest BCUT2D eigenvalue weighted by atomic mass is 9.88. The highest BCUT2D eigenvalue weighted by Gasteiger charge is 2.21. The topological polar surface area (TPSA) is 52.3 Å². The molecule has 1 rings (SSSR count). The van der Waals surface area contributed by atoms with Crippen LogP contribution in [0, 0.1) is 18.8 Å². The standard InChI is InChI=1S/C15H23NO2/c1-10(2)13(9-16)14(17)8-12-7-11(3)5-6-15(12)18-4/h5-7,10,13H,8-9,16H2,1-4H3. The Kier molecular flexibility index (Phi) is 5.35. The summed E-state index contributed by atoms with van der Waals surface area (Å²) in [7, 11) is 1.63. The van der Waals surface area contributed by atoms with E-state index >= 15 is 0 Å². The number of ether oxygens (including phenoxy) is 1. The summed E-state index contributed by atoms with van der Waals surface area (Å²) in [5.74, 6) is 1.17. The molecule has 100 valence electrons. The maximum absolute atomic E-state index is 12.2. The highest BCUT2D eigenvalue weighted by molar-refractivity contribution is 5.84. The highest BCUT2D eigenvalue weighted by atomic mass is 16.5. The molecule has 0 aliphatic heterocycles. The molecular formula is C15H23NO2. The predicted octanol–water partition coefficient (Wildman–Crippen LogP) is 2.35. The van der Waals surface area contributed by atoms with Gasteiger partial charge in [-0.3, -0.25) is 4.79 Å². The summed E-state index contributed by atoms with van der Waals surface area (Å²) < 4.78 is 5.29.